The van der Waals surface area contributed by atoms with Crippen LogP contribution >= 0.6 is 12.2 Å². The predicted octanol–water partition coefficient (Wildman–Crippen LogP) is 12.1. The molecule has 0 aliphatic rings. The molecule has 2 aromatic rings. The fourth-order valence-corrected chi connectivity index (χ4v) is 5.32. The molecule has 0 saturated heterocycles. The molecule has 2 rings (SSSR count). The van der Waals surface area contributed by atoms with Gasteiger partial charge < -0.3 is 4.74 Å². The van der Waals surface area contributed by atoms with Crippen LogP contribution < -0.4 is 4.74 Å². The second kappa shape index (κ2) is 22.8. The smallest absolute Gasteiger partial charge is 0.119 e. The summed E-state index contributed by atoms with van der Waals surface area (Å²) in [6.45, 7) is 5.30. The molecule has 2 heteroatoms. The summed E-state index contributed by atoms with van der Waals surface area (Å²) in [5, 5.41) is 0. The normalized spacial score (nSPS) is 11.3. The Morgan fingerprint density at radius 1 is 0.641 bits per heavy atom. The molecule has 0 atom stereocenters. The summed E-state index contributed by atoms with van der Waals surface area (Å²) in [5.74, 6) is 0.948. The Morgan fingerprint density at radius 2 is 1.18 bits per heavy atom. The molecule has 0 bridgehead atoms. The summed E-state index contributed by atoms with van der Waals surface area (Å²) in [5.41, 5.74) is 3.60. The summed E-state index contributed by atoms with van der Waals surface area (Å²) in [6.07, 6.45) is 30.2. The summed E-state index contributed by atoms with van der Waals surface area (Å²) < 4.78 is 6.03. The lowest BCUT2D eigenvalue weighted by molar-refractivity contribution is 0.304. The third kappa shape index (κ3) is 16.7. The van der Waals surface area contributed by atoms with Gasteiger partial charge in [0.25, 0.3) is 0 Å². The molecule has 216 valence electrons. The zero-order chi connectivity index (χ0) is 27.8. The van der Waals surface area contributed by atoms with Gasteiger partial charge in [-0.25, -0.2) is 0 Å². The number of thiocarbonyl (C=S) groups is 1. The summed E-state index contributed by atoms with van der Waals surface area (Å²) in [6, 6.07) is 17.0. The lowest BCUT2D eigenvalue weighted by Gasteiger charge is -2.07. The van der Waals surface area contributed by atoms with Crippen LogP contribution in [-0.4, -0.2) is 11.5 Å². The van der Waals surface area contributed by atoms with E-state index in [1.807, 2.05) is 6.08 Å². The van der Waals surface area contributed by atoms with Crippen molar-refractivity contribution in [1.29, 1.82) is 0 Å². The van der Waals surface area contributed by atoms with Crippen LogP contribution in [0.5, 0.6) is 5.75 Å². The Morgan fingerprint density at radius 3 is 1.72 bits per heavy atom. The van der Waals surface area contributed by atoms with Gasteiger partial charge in [-0.1, -0.05) is 178 Å². The summed E-state index contributed by atoms with van der Waals surface area (Å²) in [7, 11) is 0. The zero-order valence-electron chi connectivity index (χ0n) is 25.2. The third-order valence-electron chi connectivity index (χ3n) is 7.58. The second-order valence-corrected chi connectivity index (χ2v) is 11.7. The van der Waals surface area contributed by atoms with Crippen LogP contribution in [0.15, 0.2) is 54.6 Å². The Balaban J connectivity index is 1.46. The minimum absolute atomic E-state index is 0.800. The molecule has 0 radical (unpaired) electrons. The van der Waals surface area contributed by atoms with E-state index in [1.54, 1.807) is 0 Å². The number of allylic oxidation sites excluding steroid dienone is 1. The molecule has 0 fully saturated rings. The minimum atomic E-state index is 0.800. The van der Waals surface area contributed by atoms with E-state index in [9.17, 15) is 0 Å². The van der Waals surface area contributed by atoms with Crippen molar-refractivity contribution in [3.8, 4) is 5.75 Å². The van der Waals surface area contributed by atoms with E-state index in [-0.39, 0.29) is 0 Å². The average Bonchev–Trinajstić information content (AvgIpc) is 2.96. The first-order valence-corrected chi connectivity index (χ1v) is 16.7. The zero-order valence-corrected chi connectivity index (χ0v) is 26.0. The molecule has 0 unspecified atom stereocenters. The predicted molar refractivity (Wildman–Crippen MR) is 177 cm³/mol. The maximum Gasteiger partial charge on any atom is 0.119 e. The van der Waals surface area contributed by atoms with E-state index in [0.29, 0.717) is 0 Å². The fraction of sp³-hybridized carbons (Fsp3) is 0.595. The van der Waals surface area contributed by atoms with Crippen molar-refractivity contribution in [3.05, 3.63) is 71.3 Å². The number of rotatable bonds is 24. The van der Waals surface area contributed by atoms with Crippen LogP contribution in [0.25, 0.3) is 6.08 Å². The monoisotopic (exact) mass is 548 g/mol. The third-order valence-corrected chi connectivity index (χ3v) is 7.95. The molecule has 1 nitrogen and oxygen atoms in total. The first-order chi connectivity index (χ1) is 19.2. The molecule has 0 aromatic heterocycles. The van der Waals surface area contributed by atoms with E-state index in [2.05, 4.69) is 68.5 Å². The van der Waals surface area contributed by atoms with Crippen LogP contribution in [0.2, 0.25) is 0 Å². The van der Waals surface area contributed by atoms with Crippen molar-refractivity contribution in [2.75, 3.05) is 6.61 Å². The molecule has 2 aromatic carbocycles. The molecule has 0 spiro atoms. The molecular formula is C37H56OS. The highest BCUT2D eigenvalue weighted by molar-refractivity contribution is 7.81. The molecule has 0 aliphatic carbocycles. The SMILES string of the molecule is CCCCCCCCCCCCCCCCCCCOc1cccc(C=CC(=S)c2ccc(CCC)cc2)c1. The van der Waals surface area contributed by atoms with E-state index in [4.69, 9.17) is 17.0 Å². The quantitative estimate of drug-likeness (QED) is 0.0558. The van der Waals surface area contributed by atoms with Crippen molar-refractivity contribution in [2.45, 2.75) is 136 Å². The van der Waals surface area contributed by atoms with Crippen LogP contribution in [-0.2, 0) is 6.42 Å². The van der Waals surface area contributed by atoms with Crippen LogP contribution in [0.3, 0.4) is 0 Å². The van der Waals surface area contributed by atoms with Crippen molar-refractivity contribution in [1.82, 2.24) is 0 Å². The number of benzene rings is 2. The number of aryl methyl sites for hydroxylation is 1. The maximum absolute atomic E-state index is 6.03. The van der Waals surface area contributed by atoms with Gasteiger partial charge in [0.15, 0.2) is 0 Å². The number of hydrogen-bond acceptors (Lipinski definition) is 2. The average molecular weight is 549 g/mol. The Kier molecular flexibility index (Phi) is 19.5. The second-order valence-electron chi connectivity index (χ2n) is 11.2. The molecule has 0 aliphatic heterocycles. The summed E-state index contributed by atoms with van der Waals surface area (Å²) >= 11 is 5.63. The molecule has 0 saturated carbocycles. The van der Waals surface area contributed by atoms with Gasteiger partial charge in [-0.05, 0) is 47.7 Å². The Hall–Kier alpha value is -1.93. The van der Waals surface area contributed by atoms with Crippen molar-refractivity contribution in [3.63, 3.8) is 0 Å². The van der Waals surface area contributed by atoms with Crippen LogP contribution in [0, 0.1) is 0 Å². The molecule has 39 heavy (non-hydrogen) atoms. The number of unbranched alkanes of at least 4 members (excludes halogenated alkanes) is 16. The van der Waals surface area contributed by atoms with Gasteiger partial charge in [-0.2, -0.15) is 0 Å². The topological polar surface area (TPSA) is 9.23 Å². The first kappa shape index (κ1) is 33.3. The van der Waals surface area contributed by atoms with Gasteiger partial charge in [-0.15, -0.1) is 0 Å². The largest absolute Gasteiger partial charge is 0.494 e. The highest BCUT2D eigenvalue weighted by Gasteiger charge is 2.00. The Labute approximate surface area is 246 Å². The lowest BCUT2D eigenvalue weighted by atomic mass is 10.0. The molecule has 0 amide bonds. The molecule has 0 N–H and O–H groups in total. The molecular weight excluding hydrogens is 492 g/mol. The van der Waals surface area contributed by atoms with Gasteiger partial charge in [-0.3, -0.25) is 0 Å². The van der Waals surface area contributed by atoms with E-state index in [1.165, 1.54) is 115 Å². The van der Waals surface area contributed by atoms with Gasteiger partial charge in [0.05, 0.1) is 6.61 Å². The van der Waals surface area contributed by atoms with E-state index >= 15 is 0 Å². The Bertz CT molecular complexity index is 898. The standard InChI is InChI=1S/C37H56OS/c1-3-5-6-7-8-9-10-11-12-13-14-15-16-17-18-19-20-31-38-36-24-21-23-34(32-36)27-30-37(39)35-28-25-33(22-4-2)26-29-35/h21,23-30,32H,3-20,22,31H2,1-2H3. The minimum Gasteiger partial charge on any atom is -0.494 e. The van der Waals surface area contributed by atoms with E-state index < -0.39 is 0 Å². The maximum atomic E-state index is 6.03. The highest BCUT2D eigenvalue weighted by atomic mass is 32.1. The summed E-state index contributed by atoms with van der Waals surface area (Å²) in [4.78, 5) is 0.868. The number of hydrogen-bond donors (Lipinski definition) is 0. The number of ether oxygens (including phenoxy) is 1. The van der Waals surface area contributed by atoms with Gasteiger partial charge >= 0.3 is 0 Å². The lowest BCUT2D eigenvalue weighted by Crippen LogP contribution is -1.97. The first-order valence-electron chi connectivity index (χ1n) is 16.3. The van der Waals surface area contributed by atoms with Crippen LogP contribution in [0.4, 0.5) is 0 Å². The van der Waals surface area contributed by atoms with Crippen LogP contribution in [0.1, 0.15) is 146 Å². The van der Waals surface area contributed by atoms with Gasteiger partial charge in [0.1, 0.15) is 5.75 Å². The van der Waals surface area contributed by atoms with Crippen molar-refractivity contribution in [2.24, 2.45) is 0 Å². The fourth-order valence-electron chi connectivity index (χ4n) is 5.12. The van der Waals surface area contributed by atoms with E-state index in [0.717, 1.165) is 41.2 Å². The van der Waals surface area contributed by atoms with Gasteiger partial charge in [0.2, 0.25) is 0 Å². The molecule has 0 heterocycles. The van der Waals surface area contributed by atoms with Crippen molar-refractivity contribution >= 4 is 23.2 Å². The highest BCUT2D eigenvalue weighted by Crippen LogP contribution is 2.17. The van der Waals surface area contributed by atoms with Crippen molar-refractivity contribution < 1.29 is 4.74 Å². The van der Waals surface area contributed by atoms with Gasteiger partial charge in [0, 0.05) is 4.86 Å².